The van der Waals surface area contributed by atoms with Gasteiger partial charge in [-0.1, -0.05) is 11.6 Å². The smallest absolute Gasteiger partial charge is 0.419 e. The van der Waals surface area contributed by atoms with E-state index in [2.05, 4.69) is 15.0 Å². The van der Waals surface area contributed by atoms with Gasteiger partial charge in [-0.2, -0.15) is 18.2 Å². The Morgan fingerprint density at radius 2 is 1.70 bits per heavy atom. The van der Waals surface area contributed by atoms with Crippen LogP contribution in [0.3, 0.4) is 0 Å². The molecule has 0 saturated carbocycles. The second-order valence-corrected chi connectivity index (χ2v) is 9.54. The molecule has 0 radical (unpaired) electrons. The summed E-state index contributed by atoms with van der Waals surface area (Å²) in [6.45, 7) is 0.706. The largest absolute Gasteiger partial charge is 0.465 e. The van der Waals surface area contributed by atoms with Gasteiger partial charge in [-0.3, -0.25) is 14.6 Å². The summed E-state index contributed by atoms with van der Waals surface area (Å²) in [6, 6.07) is 7.90. The monoisotopic (exact) mass is 579 g/mol. The number of hydrogen-bond acceptors (Lipinski definition) is 7. The van der Waals surface area contributed by atoms with E-state index in [0.29, 0.717) is 17.1 Å². The molecule has 2 saturated heterocycles. The molecule has 40 heavy (non-hydrogen) atoms. The van der Waals surface area contributed by atoms with Crippen molar-refractivity contribution < 1.29 is 32.3 Å². The van der Waals surface area contributed by atoms with Crippen LogP contribution in [0.2, 0.25) is 5.02 Å². The Kier molecular flexibility index (Phi) is 7.36. The van der Waals surface area contributed by atoms with Gasteiger partial charge in [0, 0.05) is 57.1 Å². The van der Waals surface area contributed by atoms with Crippen molar-refractivity contribution in [1.29, 1.82) is 0 Å². The highest BCUT2D eigenvalue weighted by Gasteiger charge is 2.36. The zero-order valence-electron chi connectivity index (χ0n) is 20.8. The Balaban J connectivity index is 1.45. The summed E-state index contributed by atoms with van der Waals surface area (Å²) in [4.78, 5) is 42.8. The summed E-state index contributed by atoms with van der Waals surface area (Å²) < 4.78 is 54.4. The van der Waals surface area contributed by atoms with Crippen LogP contribution < -0.4 is 14.7 Å². The average Bonchev–Trinajstić information content (AvgIpc) is 2.94. The maximum Gasteiger partial charge on any atom is 0.419 e. The Morgan fingerprint density at radius 1 is 0.975 bits per heavy atom. The van der Waals surface area contributed by atoms with Crippen LogP contribution >= 0.6 is 11.6 Å². The fraction of sp³-hybridized carbons (Fsp3) is 0.320. The quantitative estimate of drug-likeness (QED) is 0.463. The Morgan fingerprint density at radius 3 is 2.35 bits per heavy atom. The van der Waals surface area contributed by atoms with Crippen molar-refractivity contribution in [3.05, 3.63) is 59.0 Å². The molecular weight excluding hydrogens is 558 g/mol. The Hall–Kier alpha value is -4.20. The molecule has 1 aromatic carbocycles. The number of benzene rings is 1. The van der Waals surface area contributed by atoms with Gasteiger partial charge < -0.3 is 14.9 Å². The summed E-state index contributed by atoms with van der Waals surface area (Å²) in [5, 5.41) is 9.11. The van der Waals surface area contributed by atoms with E-state index in [4.69, 9.17) is 11.6 Å². The van der Waals surface area contributed by atoms with Crippen molar-refractivity contribution in [2.24, 2.45) is 0 Å². The number of carbonyl (C=O) groups is 2. The van der Waals surface area contributed by atoms with Gasteiger partial charge in [-0.15, -0.1) is 0 Å². The fourth-order valence-electron chi connectivity index (χ4n) is 4.57. The summed E-state index contributed by atoms with van der Waals surface area (Å²) in [6.07, 6.45) is -4.46. The first-order valence-corrected chi connectivity index (χ1v) is 12.5. The summed E-state index contributed by atoms with van der Waals surface area (Å²) in [7, 11) is 0. The number of aromatic nitrogens is 3. The lowest BCUT2D eigenvalue weighted by Gasteiger charge is -2.37. The minimum Gasteiger partial charge on any atom is -0.465 e. The van der Waals surface area contributed by atoms with Crippen molar-refractivity contribution >= 4 is 41.2 Å². The number of halogens is 5. The molecule has 2 amide bonds. The zero-order valence-corrected chi connectivity index (χ0v) is 21.5. The number of nitrogens with zero attached hydrogens (tertiary/aromatic N) is 7. The Bertz CT molecular complexity index is 1450. The van der Waals surface area contributed by atoms with Crippen LogP contribution in [0.4, 0.5) is 39.9 Å². The maximum absolute atomic E-state index is 13.8. The van der Waals surface area contributed by atoms with Gasteiger partial charge in [-0.25, -0.2) is 19.2 Å². The van der Waals surface area contributed by atoms with Gasteiger partial charge in [0.15, 0.2) is 0 Å². The predicted octanol–water partition coefficient (Wildman–Crippen LogP) is 4.00. The molecule has 2 aromatic heterocycles. The third kappa shape index (κ3) is 5.57. The van der Waals surface area contributed by atoms with E-state index in [-0.39, 0.29) is 62.6 Å². The summed E-state index contributed by atoms with van der Waals surface area (Å²) >= 11 is 5.98. The first-order chi connectivity index (χ1) is 19.0. The molecule has 0 atom stereocenters. The van der Waals surface area contributed by atoms with Crippen LogP contribution in [0.5, 0.6) is 0 Å². The molecule has 210 valence electrons. The van der Waals surface area contributed by atoms with Gasteiger partial charge >= 0.3 is 12.3 Å². The van der Waals surface area contributed by atoms with Crippen molar-refractivity contribution in [2.45, 2.75) is 6.18 Å². The minimum atomic E-state index is -4.55. The first kappa shape index (κ1) is 27.4. The molecule has 0 unspecified atom stereocenters. The second kappa shape index (κ2) is 10.8. The SMILES string of the molecule is O=C(O)N1CCN(c2nc(-c3ccc(F)c(Cl)c3)cc(N3CCN(c4ncccc4C(F)(F)F)CC3)n2)C(=O)C1. The standard InChI is InChI=1S/C25H22ClF4N7O3/c26-17-12-15(3-4-18(17)27)19-13-20(33-23(32-19)37-11-10-36(24(39)40)14-21(37)38)34-6-8-35(9-7-34)22-16(25(28,29)30)2-1-5-31-22/h1-5,12-13H,6-11,14H2,(H,39,40). The number of carbonyl (C=O) groups excluding carboxylic acids is 1. The molecule has 4 heterocycles. The van der Waals surface area contributed by atoms with Crippen LogP contribution in [0.1, 0.15) is 5.56 Å². The molecule has 10 nitrogen and oxygen atoms in total. The van der Waals surface area contributed by atoms with Crippen molar-refractivity contribution in [1.82, 2.24) is 19.9 Å². The van der Waals surface area contributed by atoms with Crippen molar-refractivity contribution in [2.75, 3.05) is 60.5 Å². The molecule has 15 heteroatoms. The van der Waals surface area contributed by atoms with Crippen molar-refractivity contribution in [3.8, 4) is 11.3 Å². The van der Waals surface area contributed by atoms with Gasteiger partial charge in [-0.05, 0) is 30.3 Å². The van der Waals surface area contributed by atoms with Crippen LogP contribution in [0.25, 0.3) is 11.3 Å². The third-order valence-electron chi connectivity index (χ3n) is 6.64. The van der Waals surface area contributed by atoms with Crippen LogP contribution in [0.15, 0.2) is 42.6 Å². The molecule has 1 N–H and O–H groups in total. The molecule has 3 aromatic rings. The fourth-order valence-corrected chi connectivity index (χ4v) is 4.75. The highest BCUT2D eigenvalue weighted by molar-refractivity contribution is 6.31. The number of alkyl halides is 3. The van der Waals surface area contributed by atoms with Crippen molar-refractivity contribution in [3.63, 3.8) is 0 Å². The normalized spacial score (nSPS) is 16.5. The van der Waals surface area contributed by atoms with E-state index in [1.54, 1.807) is 11.0 Å². The van der Waals surface area contributed by atoms with E-state index in [9.17, 15) is 32.3 Å². The highest BCUT2D eigenvalue weighted by Crippen LogP contribution is 2.36. The predicted molar refractivity (Wildman–Crippen MR) is 138 cm³/mol. The second-order valence-electron chi connectivity index (χ2n) is 9.14. The maximum atomic E-state index is 13.8. The van der Waals surface area contributed by atoms with Crippen LogP contribution in [-0.4, -0.2) is 82.8 Å². The average molecular weight is 580 g/mol. The van der Waals surface area contributed by atoms with E-state index in [0.717, 1.165) is 11.0 Å². The summed E-state index contributed by atoms with van der Waals surface area (Å²) in [5.74, 6) is -0.876. The van der Waals surface area contributed by atoms with Gasteiger partial charge in [0.05, 0.1) is 16.3 Å². The lowest BCUT2D eigenvalue weighted by Crippen LogP contribution is -2.52. The molecule has 2 aliphatic rings. The molecular formula is C25H22ClF4N7O3. The molecule has 0 aliphatic carbocycles. The zero-order chi connectivity index (χ0) is 28.6. The van der Waals surface area contributed by atoms with E-state index in [1.165, 1.54) is 35.4 Å². The molecule has 2 aliphatic heterocycles. The lowest BCUT2D eigenvalue weighted by molar-refractivity contribution is -0.137. The first-order valence-electron chi connectivity index (χ1n) is 12.2. The van der Waals surface area contributed by atoms with Gasteiger partial charge in [0.25, 0.3) is 0 Å². The van der Waals surface area contributed by atoms with Gasteiger partial charge in [0.1, 0.15) is 24.0 Å². The minimum absolute atomic E-state index is 0.0197. The topological polar surface area (TPSA) is 106 Å². The van der Waals surface area contributed by atoms with Crippen LogP contribution in [0, 0.1) is 5.82 Å². The molecule has 0 spiro atoms. The highest BCUT2D eigenvalue weighted by atomic mass is 35.5. The van der Waals surface area contributed by atoms with E-state index in [1.807, 2.05) is 4.90 Å². The number of anilines is 3. The number of rotatable bonds is 4. The Labute approximate surface area is 230 Å². The number of pyridine rings is 1. The number of amides is 2. The van der Waals surface area contributed by atoms with Crippen LogP contribution in [-0.2, 0) is 11.0 Å². The number of piperazine rings is 2. The van der Waals surface area contributed by atoms with Gasteiger partial charge in [0.2, 0.25) is 11.9 Å². The molecule has 5 rings (SSSR count). The molecule has 0 bridgehead atoms. The number of carboxylic acid groups (broad SMARTS) is 1. The van der Waals surface area contributed by atoms with E-state index >= 15 is 0 Å². The third-order valence-corrected chi connectivity index (χ3v) is 6.93. The number of hydrogen-bond donors (Lipinski definition) is 1. The molecule has 2 fully saturated rings. The lowest BCUT2D eigenvalue weighted by atomic mass is 10.1. The summed E-state index contributed by atoms with van der Waals surface area (Å²) in [5.41, 5.74) is -0.0287. The van der Waals surface area contributed by atoms with E-state index < -0.39 is 29.6 Å².